The Morgan fingerprint density at radius 2 is 1.74 bits per heavy atom. The van der Waals surface area contributed by atoms with Crippen LogP contribution in [0.3, 0.4) is 0 Å². The summed E-state index contributed by atoms with van der Waals surface area (Å²) in [5.74, 6) is 0.268. The summed E-state index contributed by atoms with van der Waals surface area (Å²) in [6.45, 7) is 2.44. The Labute approximate surface area is 180 Å². The molecule has 0 aliphatic carbocycles. The highest BCUT2D eigenvalue weighted by Crippen LogP contribution is 2.25. The van der Waals surface area contributed by atoms with E-state index in [1.165, 1.54) is 0 Å². The van der Waals surface area contributed by atoms with Crippen molar-refractivity contribution in [2.45, 2.75) is 26.3 Å². The van der Waals surface area contributed by atoms with E-state index >= 15 is 0 Å². The van der Waals surface area contributed by atoms with Crippen molar-refractivity contribution >= 4 is 28.8 Å². The first-order valence-corrected chi connectivity index (χ1v) is 10.3. The number of hydrogen-bond donors (Lipinski definition) is 3. The van der Waals surface area contributed by atoms with Crippen molar-refractivity contribution in [1.29, 1.82) is 0 Å². The van der Waals surface area contributed by atoms with Crippen LogP contribution < -0.4 is 10.6 Å². The van der Waals surface area contributed by atoms with Crippen molar-refractivity contribution in [3.63, 3.8) is 0 Å². The van der Waals surface area contributed by atoms with Crippen LogP contribution in [0.1, 0.15) is 35.7 Å². The molecule has 0 aliphatic heterocycles. The zero-order chi connectivity index (χ0) is 21.6. The molecule has 6 heteroatoms. The Morgan fingerprint density at radius 3 is 2.55 bits per heavy atom. The van der Waals surface area contributed by atoms with Crippen molar-refractivity contribution in [3.8, 4) is 11.1 Å². The van der Waals surface area contributed by atoms with Gasteiger partial charge in [0.25, 0.3) is 5.91 Å². The van der Waals surface area contributed by atoms with Crippen molar-refractivity contribution in [2.24, 2.45) is 0 Å². The third kappa shape index (κ3) is 4.98. The van der Waals surface area contributed by atoms with Gasteiger partial charge in [-0.3, -0.25) is 14.9 Å². The van der Waals surface area contributed by atoms with Crippen LogP contribution in [0.2, 0.25) is 0 Å². The molecule has 0 fully saturated rings. The summed E-state index contributed by atoms with van der Waals surface area (Å²) in [6.07, 6.45) is 1.24. The maximum absolute atomic E-state index is 12.6. The van der Waals surface area contributed by atoms with Crippen LogP contribution in [0, 0.1) is 0 Å². The first-order chi connectivity index (χ1) is 15.1. The molecule has 0 spiro atoms. The molecular weight excluding hydrogens is 388 g/mol. The smallest absolute Gasteiger partial charge is 0.251 e. The predicted molar refractivity (Wildman–Crippen MR) is 123 cm³/mol. The minimum Gasteiger partial charge on any atom is -0.348 e. The van der Waals surface area contributed by atoms with Gasteiger partial charge in [0.05, 0.1) is 11.0 Å². The topological polar surface area (TPSA) is 86.9 Å². The fraction of sp³-hybridized carbons (Fsp3) is 0.160. The molecule has 3 aromatic carbocycles. The van der Waals surface area contributed by atoms with E-state index in [0.29, 0.717) is 24.5 Å². The van der Waals surface area contributed by atoms with Gasteiger partial charge in [-0.05, 0) is 47.4 Å². The number of carbonyl (C=O) groups excluding carboxylic acids is 2. The summed E-state index contributed by atoms with van der Waals surface area (Å²) in [6, 6.07) is 23.2. The molecule has 31 heavy (non-hydrogen) atoms. The summed E-state index contributed by atoms with van der Waals surface area (Å²) >= 11 is 0. The zero-order valence-corrected chi connectivity index (χ0v) is 17.3. The maximum Gasteiger partial charge on any atom is 0.251 e. The fourth-order valence-electron chi connectivity index (χ4n) is 3.39. The van der Waals surface area contributed by atoms with E-state index in [1.54, 1.807) is 6.07 Å². The van der Waals surface area contributed by atoms with Gasteiger partial charge in [-0.1, -0.05) is 55.5 Å². The van der Waals surface area contributed by atoms with Gasteiger partial charge in [0.1, 0.15) is 0 Å². The highest BCUT2D eigenvalue weighted by molar-refractivity contribution is 5.96. The van der Waals surface area contributed by atoms with Crippen molar-refractivity contribution < 1.29 is 9.59 Å². The second kappa shape index (κ2) is 9.26. The number of benzene rings is 3. The number of aromatic amines is 1. The molecule has 6 nitrogen and oxygen atoms in total. The largest absolute Gasteiger partial charge is 0.348 e. The summed E-state index contributed by atoms with van der Waals surface area (Å²) in [5.41, 5.74) is 5.14. The number of rotatable bonds is 7. The summed E-state index contributed by atoms with van der Waals surface area (Å²) in [7, 11) is 0. The lowest BCUT2D eigenvalue weighted by Gasteiger charge is -2.08. The molecule has 156 valence electrons. The lowest BCUT2D eigenvalue weighted by atomic mass is 10.0. The maximum atomic E-state index is 12.6. The third-order valence-corrected chi connectivity index (χ3v) is 4.97. The van der Waals surface area contributed by atoms with E-state index in [1.807, 2.05) is 73.7 Å². The van der Waals surface area contributed by atoms with Crippen molar-refractivity contribution in [2.75, 3.05) is 5.32 Å². The van der Waals surface area contributed by atoms with E-state index in [4.69, 9.17) is 0 Å². The van der Waals surface area contributed by atoms with Gasteiger partial charge in [0.15, 0.2) is 0 Å². The molecule has 0 bridgehead atoms. The number of anilines is 1. The van der Waals surface area contributed by atoms with Crippen LogP contribution in [0.4, 0.5) is 5.95 Å². The lowest BCUT2D eigenvalue weighted by Crippen LogP contribution is -2.22. The first-order valence-electron chi connectivity index (χ1n) is 10.3. The summed E-state index contributed by atoms with van der Waals surface area (Å²) in [4.78, 5) is 32.0. The molecule has 3 N–H and O–H groups in total. The Balaban J connectivity index is 1.51. The highest BCUT2D eigenvalue weighted by Gasteiger charge is 2.10. The van der Waals surface area contributed by atoms with Crippen molar-refractivity contribution in [3.05, 3.63) is 83.9 Å². The number of aromatic nitrogens is 2. The van der Waals surface area contributed by atoms with E-state index in [-0.39, 0.29) is 11.8 Å². The SMILES string of the molecule is CCCC(=O)Nc1nc2ccc(-c3cccc(C(=O)NCc4ccccc4)c3)cc2[nH]1. The van der Waals surface area contributed by atoms with Gasteiger partial charge in [-0.25, -0.2) is 4.98 Å². The fourth-order valence-corrected chi connectivity index (χ4v) is 3.39. The number of hydrogen-bond acceptors (Lipinski definition) is 3. The molecule has 1 heterocycles. The second-order valence-electron chi connectivity index (χ2n) is 7.36. The standard InChI is InChI=1S/C25H24N4O2/c1-2-7-23(30)29-25-27-21-13-12-19(15-22(21)28-25)18-10-6-11-20(14-18)24(31)26-16-17-8-4-3-5-9-17/h3-6,8-15H,2,7,16H2,1H3,(H,26,31)(H2,27,28,29,30). The number of amides is 2. The number of nitrogens with one attached hydrogen (secondary N) is 3. The van der Waals surface area contributed by atoms with Gasteiger partial charge in [-0.2, -0.15) is 0 Å². The van der Waals surface area contributed by atoms with Crippen LogP contribution in [-0.4, -0.2) is 21.8 Å². The quantitative estimate of drug-likeness (QED) is 0.404. The molecule has 0 saturated heterocycles. The first kappa shape index (κ1) is 20.3. The normalized spacial score (nSPS) is 10.7. The molecule has 4 rings (SSSR count). The van der Waals surface area contributed by atoms with Crippen LogP contribution in [0.25, 0.3) is 22.2 Å². The molecule has 2 amide bonds. The monoisotopic (exact) mass is 412 g/mol. The van der Waals surface area contributed by atoms with Crippen LogP contribution in [-0.2, 0) is 11.3 Å². The average Bonchev–Trinajstić information content (AvgIpc) is 3.19. The van der Waals surface area contributed by atoms with Crippen LogP contribution >= 0.6 is 0 Å². The van der Waals surface area contributed by atoms with Gasteiger partial charge in [0.2, 0.25) is 11.9 Å². The molecule has 0 atom stereocenters. The number of imidazole rings is 1. The summed E-state index contributed by atoms with van der Waals surface area (Å²) < 4.78 is 0. The predicted octanol–water partition coefficient (Wildman–Crippen LogP) is 4.90. The summed E-state index contributed by atoms with van der Waals surface area (Å²) in [5, 5.41) is 5.74. The molecule has 0 aliphatic rings. The highest BCUT2D eigenvalue weighted by atomic mass is 16.2. The van der Waals surface area contributed by atoms with Gasteiger partial charge < -0.3 is 10.3 Å². The zero-order valence-electron chi connectivity index (χ0n) is 17.3. The van der Waals surface area contributed by atoms with E-state index in [0.717, 1.165) is 34.1 Å². The second-order valence-corrected chi connectivity index (χ2v) is 7.36. The Kier molecular flexibility index (Phi) is 6.08. The minimum absolute atomic E-state index is 0.0593. The van der Waals surface area contributed by atoms with E-state index in [2.05, 4.69) is 20.6 Å². The Morgan fingerprint density at radius 1 is 0.935 bits per heavy atom. The average molecular weight is 412 g/mol. The molecule has 0 saturated carbocycles. The lowest BCUT2D eigenvalue weighted by molar-refractivity contribution is -0.116. The third-order valence-electron chi connectivity index (χ3n) is 4.97. The molecular formula is C25H24N4O2. The van der Waals surface area contributed by atoms with Gasteiger partial charge in [0, 0.05) is 18.5 Å². The molecule has 0 radical (unpaired) electrons. The van der Waals surface area contributed by atoms with Gasteiger partial charge >= 0.3 is 0 Å². The Bertz CT molecular complexity index is 1210. The molecule has 0 unspecified atom stereocenters. The molecule has 4 aromatic rings. The number of H-pyrrole nitrogens is 1. The van der Waals surface area contributed by atoms with E-state index in [9.17, 15) is 9.59 Å². The van der Waals surface area contributed by atoms with Crippen molar-refractivity contribution in [1.82, 2.24) is 15.3 Å². The number of nitrogens with zero attached hydrogens (tertiary/aromatic N) is 1. The van der Waals surface area contributed by atoms with Crippen LogP contribution in [0.15, 0.2) is 72.8 Å². The molecule has 1 aromatic heterocycles. The van der Waals surface area contributed by atoms with Crippen LogP contribution in [0.5, 0.6) is 0 Å². The number of fused-ring (bicyclic) bond motifs is 1. The van der Waals surface area contributed by atoms with E-state index < -0.39 is 0 Å². The van der Waals surface area contributed by atoms with Gasteiger partial charge in [-0.15, -0.1) is 0 Å². The minimum atomic E-state index is -0.116. The number of carbonyl (C=O) groups is 2. The Hall–Kier alpha value is -3.93.